The Bertz CT molecular complexity index is 1990. The maximum absolute atomic E-state index is 13.5. The Morgan fingerprint density at radius 2 is 1.07 bits per heavy atom. The van der Waals surface area contributed by atoms with Crippen LogP contribution in [0.1, 0.15) is 49.9 Å². The van der Waals surface area contributed by atoms with Crippen LogP contribution in [0, 0.1) is 0 Å². The van der Waals surface area contributed by atoms with Crippen molar-refractivity contribution in [2.75, 3.05) is 4.90 Å². The zero-order chi connectivity index (χ0) is 27.6. The lowest BCUT2D eigenvalue weighted by atomic mass is 9.73. The normalized spacial score (nSPS) is 17.8. The predicted molar refractivity (Wildman–Crippen MR) is 162 cm³/mol. The van der Waals surface area contributed by atoms with Gasteiger partial charge in [-0.1, -0.05) is 88.4 Å². The molecular weight excluding hydrogens is 510 g/mol. The number of fused-ring (bicyclic) bond motifs is 8. The molecule has 0 saturated heterocycles. The van der Waals surface area contributed by atoms with Crippen molar-refractivity contribution in [1.29, 1.82) is 0 Å². The Labute approximate surface area is 235 Å². The fraction of sp³-hybridized carbons (Fsp3) is 0.167. The number of rotatable bonds is 1. The lowest BCUT2D eigenvalue weighted by molar-refractivity contribution is 0.598. The lowest BCUT2D eigenvalue weighted by Crippen LogP contribution is -2.30. The fourth-order valence-electron chi connectivity index (χ4n) is 7.31. The van der Waals surface area contributed by atoms with Gasteiger partial charge in [0.2, 0.25) is 9.84 Å². The third kappa shape index (κ3) is 2.82. The van der Waals surface area contributed by atoms with E-state index in [0.717, 1.165) is 27.9 Å². The third-order valence-electron chi connectivity index (χ3n) is 9.41. The average Bonchev–Trinajstić information content (AvgIpc) is 3.32. The second-order valence-corrected chi connectivity index (χ2v) is 14.1. The van der Waals surface area contributed by atoms with Gasteiger partial charge >= 0.3 is 0 Å². The molecule has 40 heavy (non-hydrogen) atoms. The summed E-state index contributed by atoms with van der Waals surface area (Å²) in [4.78, 5) is 3.21. The molecule has 0 atom stereocenters. The maximum Gasteiger partial charge on any atom is 0.207 e. The Hall–Kier alpha value is -4.15. The van der Waals surface area contributed by atoms with Crippen molar-refractivity contribution in [3.8, 4) is 22.3 Å². The average molecular weight is 540 g/mol. The molecule has 0 radical (unpaired) electrons. The zero-order valence-electron chi connectivity index (χ0n) is 23.0. The topological polar surface area (TPSA) is 37.4 Å². The van der Waals surface area contributed by atoms with Gasteiger partial charge in [0.25, 0.3) is 0 Å². The third-order valence-corrected chi connectivity index (χ3v) is 11.3. The van der Waals surface area contributed by atoms with Gasteiger partial charge in [0.15, 0.2) is 0 Å². The highest BCUT2D eigenvalue weighted by Crippen LogP contribution is 2.56. The van der Waals surface area contributed by atoms with E-state index in [2.05, 4.69) is 105 Å². The zero-order valence-corrected chi connectivity index (χ0v) is 23.8. The summed E-state index contributed by atoms with van der Waals surface area (Å²) in [5.74, 6) is 0. The highest BCUT2D eigenvalue weighted by atomic mass is 32.2. The number of sulfone groups is 1. The summed E-state index contributed by atoms with van der Waals surface area (Å²) in [6.45, 7) is 9.11. The molecule has 0 bridgehead atoms. The second kappa shape index (κ2) is 7.52. The van der Waals surface area contributed by atoms with Gasteiger partial charge in [-0.3, -0.25) is 0 Å². The van der Waals surface area contributed by atoms with Crippen LogP contribution in [0.25, 0.3) is 22.3 Å². The van der Waals surface area contributed by atoms with Gasteiger partial charge in [-0.05, 0) is 75.8 Å². The summed E-state index contributed by atoms with van der Waals surface area (Å²) < 4.78 is 27.0. The number of nitrogens with zero attached hydrogens (tertiary/aromatic N) is 1. The molecule has 2 aliphatic heterocycles. The van der Waals surface area contributed by atoms with Crippen molar-refractivity contribution in [2.45, 2.75) is 48.3 Å². The van der Waals surface area contributed by atoms with Crippen LogP contribution in [0.15, 0.2) is 113 Å². The first-order chi connectivity index (χ1) is 19.1. The molecule has 1 aliphatic carbocycles. The van der Waals surface area contributed by atoms with Crippen LogP contribution in [0.3, 0.4) is 0 Å². The first-order valence-electron chi connectivity index (χ1n) is 13.8. The number of para-hydroxylation sites is 2. The summed E-state index contributed by atoms with van der Waals surface area (Å²) in [5.41, 5.74) is 11.8. The number of hydrogen-bond acceptors (Lipinski definition) is 3. The molecule has 0 aromatic heterocycles. The molecule has 0 amide bonds. The highest BCUT2D eigenvalue weighted by Gasteiger charge is 2.42. The summed E-state index contributed by atoms with van der Waals surface area (Å²) in [5, 5.41) is 0. The molecule has 5 aromatic rings. The molecule has 0 spiro atoms. The summed E-state index contributed by atoms with van der Waals surface area (Å²) in [6.07, 6.45) is 0. The fourth-order valence-corrected chi connectivity index (χ4v) is 9.00. The minimum absolute atomic E-state index is 0.113. The molecule has 0 saturated carbocycles. The first-order valence-corrected chi connectivity index (χ1v) is 15.3. The molecule has 5 aromatic carbocycles. The van der Waals surface area contributed by atoms with E-state index in [1.807, 2.05) is 18.2 Å². The largest absolute Gasteiger partial charge is 0.310 e. The molecule has 8 rings (SSSR count). The second-order valence-electron chi connectivity index (χ2n) is 12.2. The van der Waals surface area contributed by atoms with Crippen LogP contribution >= 0.6 is 0 Å². The van der Waals surface area contributed by atoms with Crippen molar-refractivity contribution >= 4 is 26.9 Å². The van der Waals surface area contributed by atoms with Crippen molar-refractivity contribution in [2.24, 2.45) is 0 Å². The standard InChI is InChI=1S/C36H29NO2S/c1-35(2)27-12-6-8-14-31(27)37(32-15-9-7-13-28(32)35)22-17-18-23-25-21-34-26(20-30(25)36(3,4)29(23)19-22)24-11-5-10-16-33(24)40(34,38)39/h5-21H,1-4H3. The Morgan fingerprint density at radius 3 is 1.77 bits per heavy atom. The highest BCUT2D eigenvalue weighted by molar-refractivity contribution is 7.92. The first kappa shape index (κ1) is 23.7. The van der Waals surface area contributed by atoms with Crippen molar-refractivity contribution < 1.29 is 8.42 Å². The van der Waals surface area contributed by atoms with Gasteiger partial charge < -0.3 is 4.90 Å². The monoisotopic (exact) mass is 539 g/mol. The van der Waals surface area contributed by atoms with Crippen LogP contribution in [-0.2, 0) is 20.7 Å². The molecule has 0 fully saturated rings. The van der Waals surface area contributed by atoms with Crippen molar-refractivity contribution in [3.05, 3.63) is 125 Å². The van der Waals surface area contributed by atoms with Gasteiger partial charge in [-0.15, -0.1) is 0 Å². The molecule has 0 N–H and O–H groups in total. The molecule has 3 nitrogen and oxygen atoms in total. The van der Waals surface area contributed by atoms with Gasteiger partial charge in [0.1, 0.15) is 0 Å². The summed E-state index contributed by atoms with van der Waals surface area (Å²) in [7, 11) is -3.54. The van der Waals surface area contributed by atoms with Crippen LogP contribution in [0.2, 0.25) is 0 Å². The minimum atomic E-state index is -3.54. The molecule has 196 valence electrons. The van der Waals surface area contributed by atoms with Gasteiger partial charge in [-0.25, -0.2) is 8.42 Å². The van der Waals surface area contributed by atoms with Crippen LogP contribution < -0.4 is 4.90 Å². The van der Waals surface area contributed by atoms with E-state index in [4.69, 9.17) is 0 Å². The van der Waals surface area contributed by atoms with Gasteiger partial charge in [0.05, 0.1) is 21.2 Å². The smallest absolute Gasteiger partial charge is 0.207 e. The molecule has 2 heterocycles. The lowest BCUT2D eigenvalue weighted by Gasteiger charge is -2.42. The SMILES string of the molecule is CC1(C)c2cc(N3c4ccccc4C(C)(C)c4ccccc43)ccc2-c2cc3c(cc21)-c1ccccc1S3(=O)=O. The van der Waals surface area contributed by atoms with Gasteiger partial charge in [-0.2, -0.15) is 0 Å². The van der Waals surface area contributed by atoms with Gasteiger partial charge in [0, 0.05) is 27.6 Å². The number of benzene rings is 5. The maximum atomic E-state index is 13.5. The van der Waals surface area contributed by atoms with E-state index in [9.17, 15) is 8.42 Å². The van der Waals surface area contributed by atoms with E-state index in [1.165, 1.54) is 33.6 Å². The minimum Gasteiger partial charge on any atom is -0.310 e. The van der Waals surface area contributed by atoms with E-state index >= 15 is 0 Å². The summed E-state index contributed by atoms with van der Waals surface area (Å²) >= 11 is 0. The Kier molecular flexibility index (Phi) is 4.46. The molecule has 0 unspecified atom stereocenters. The van der Waals surface area contributed by atoms with E-state index < -0.39 is 9.84 Å². The Morgan fingerprint density at radius 1 is 0.500 bits per heavy atom. The predicted octanol–water partition coefficient (Wildman–Crippen LogP) is 8.92. The Balaban J connectivity index is 1.33. The van der Waals surface area contributed by atoms with E-state index in [1.54, 1.807) is 12.1 Å². The van der Waals surface area contributed by atoms with E-state index in [-0.39, 0.29) is 10.8 Å². The van der Waals surface area contributed by atoms with Crippen molar-refractivity contribution in [3.63, 3.8) is 0 Å². The van der Waals surface area contributed by atoms with Crippen molar-refractivity contribution in [1.82, 2.24) is 0 Å². The molecule has 4 heteroatoms. The molecule has 3 aliphatic rings. The summed E-state index contributed by atoms with van der Waals surface area (Å²) in [6, 6.07) is 35.5. The van der Waals surface area contributed by atoms with Crippen LogP contribution in [0.4, 0.5) is 17.1 Å². The van der Waals surface area contributed by atoms with Crippen LogP contribution in [0.5, 0.6) is 0 Å². The quantitative estimate of drug-likeness (QED) is 0.209. The number of anilines is 3. The number of hydrogen-bond donors (Lipinski definition) is 0. The van der Waals surface area contributed by atoms with E-state index in [0.29, 0.717) is 9.79 Å². The molecular formula is C36H29NO2S. The van der Waals surface area contributed by atoms with Crippen LogP contribution in [-0.4, -0.2) is 8.42 Å².